The van der Waals surface area contributed by atoms with Crippen molar-refractivity contribution in [3.8, 4) is 5.75 Å². The van der Waals surface area contributed by atoms with Crippen LogP contribution in [0.4, 0.5) is 18.9 Å². The van der Waals surface area contributed by atoms with E-state index in [1.54, 1.807) is 0 Å². The summed E-state index contributed by atoms with van der Waals surface area (Å²) in [5, 5.41) is 2.58. The van der Waals surface area contributed by atoms with Gasteiger partial charge in [0.25, 0.3) is 0 Å². The molecule has 0 aromatic heterocycles. The second kappa shape index (κ2) is 6.77. The summed E-state index contributed by atoms with van der Waals surface area (Å²) in [6.45, 7) is -1.38. The van der Waals surface area contributed by atoms with Gasteiger partial charge < -0.3 is 10.1 Å². The minimum absolute atomic E-state index is 0.0185. The summed E-state index contributed by atoms with van der Waals surface area (Å²) in [5.74, 6) is -0.339. The van der Waals surface area contributed by atoms with E-state index in [2.05, 4.69) is 10.1 Å². The van der Waals surface area contributed by atoms with Gasteiger partial charge in [0.15, 0.2) is 16.4 Å². The number of carbonyl (C=O) groups excluding carboxylic acids is 1. The van der Waals surface area contributed by atoms with Gasteiger partial charge in [0.1, 0.15) is 5.75 Å². The van der Waals surface area contributed by atoms with Crippen LogP contribution in [0, 0.1) is 5.92 Å². The van der Waals surface area contributed by atoms with Crippen molar-refractivity contribution in [1.82, 2.24) is 0 Å². The van der Waals surface area contributed by atoms with Gasteiger partial charge in [-0.05, 0) is 36.6 Å². The van der Waals surface area contributed by atoms with Crippen LogP contribution < -0.4 is 10.1 Å². The van der Waals surface area contributed by atoms with Gasteiger partial charge in [-0.25, -0.2) is 8.42 Å². The number of carbonyl (C=O) groups is 1. The molecule has 0 saturated carbocycles. The first-order valence-corrected chi connectivity index (χ1v) is 8.75. The first kappa shape index (κ1) is 17.6. The quantitative estimate of drug-likeness (QED) is 0.884. The second-order valence-corrected chi connectivity index (χ2v) is 7.68. The highest BCUT2D eigenvalue weighted by molar-refractivity contribution is 7.91. The zero-order valence-electron chi connectivity index (χ0n) is 12.1. The smallest absolute Gasteiger partial charge is 0.422 e. The molecule has 0 aliphatic carbocycles. The molecule has 1 N–H and O–H groups in total. The van der Waals surface area contributed by atoms with Crippen molar-refractivity contribution < 1.29 is 31.1 Å². The van der Waals surface area contributed by atoms with E-state index in [0.29, 0.717) is 12.1 Å². The van der Waals surface area contributed by atoms with Crippen molar-refractivity contribution in [2.75, 3.05) is 23.4 Å². The van der Waals surface area contributed by atoms with Gasteiger partial charge in [0.2, 0.25) is 5.91 Å². The molecule has 1 aromatic rings. The van der Waals surface area contributed by atoms with Crippen LogP contribution in [-0.2, 0) is 14.6 Å². The minimum atomic E-state index is -4.41. The predicted octanol–water partition coefficient (Wildman–Crippen LogP) is 2.39. The van der Waals surface area contributed by atoms with Gasteiger partial charge in [0, 0.05) is 12.1 Å². The molecular formula is C14H16F3NO4S. The van der Waals surface area contributed by atoms with E-state index < -0.39 is 22.6 Å². The number of nitrogens with one attached hydrogen (secondary N) is 1. The van der Waals surface area contributed by atoms with Crippen LogP contribution in [-0.4, -0.2) is 38.6 Å². The molecule has 0 spiro atoms. The molecule has 1 amide bonds. The molecule has 5 nitrogen and oxygen atoms in total. The zero-order valence-corrected chi connectivity index (χ0v) is 12.9. The molecule has 1 heterocycles. The van der Waals surface area contributed by atoms with Gasteiger partial charge >= 0.3 is 6.18 Å². The fourth-order valence-electron chi connectivity index (χ4n) is 2.31. The Kier molecular flexibility index (Phi) is 5.18. The van der Waals surface area contributed by atoms with Crippen molar-refractivity contribution in [2.24, 2.45) is 5.92 Å². The number of halogens is 3. The first-order valence-electron chi connectivity index (χ1n) is 6.93. The summed E-state index contributed by atoms with van der Waals surface area (Å²) >= 11 is 0. The van der Waals surface area contributed by atoms with Gasteiger partial charge in [-0.2, -0.15) is 13.2 Å². The standard InChI is InChI=1S/C14H16F3NO4S/c15-14(16,17)9-22-12-3-1-11(2-4-12)18-13(19)7-10-5-6-23(20,21)8-10/h1-4,10H,5-9H2,(H,18,19). The number of hydrogen-bond donors (Lipinski definition) is 1. The summed E-state index contributed by atoms with van der Waals surface area (Å²) in [6, 6.07) is 5.49. The van der Waals surface area contributed by atoms with Crippen molar-refractivity contribution >= 4 is 21.4 Å². The van der Waals surface area contributed by atoms with E-state index in [4.69, 9.17) is 0 Å². The van der Waals surface area contributed by atoms with Crippen LogP contribution in [0.1, 0.15) is 12.8 Å². The van der Waals surface area contributed by atoms with Crippen LogP contribution in [0.3, 0.4) is 0 Å². The van der Waals surface area contributed by atoms with E-state index in [1.165, 1.54) is 24.3 Å². The van der Waals surface area contributed by atoms with E-state index in [1.807, 2.05) is 0 Å². The molecule has 0 radical (unpaired) electrons. The number of alkyl halides is 3. The average Bonchev–Trinajstić information content (AvgIpc) is 2.76. The number of hydrogen-bond acceptors (Lipinski definition) is 4. The lowest BCUT2D eigenvalue weighted by Crippen LogP contribution is -2.19. The third-order valence-corrected chi connectivity index (χ3v) is 5.18. The highest BCUT2D eigenvalue weighted by Gasteiger charge is 2.29. The lowest BCUT2D eigenvalue weighted by Gasteiger charge is -2.11. The maximum Gasteiger partial charge on any atom is 0.422 e. The molecule has 1 aliphatic heterocycles. The Balaban J connectivity index is 1.82. The van der Waals surface area contributed by atoms with Gasteiger partial charge in [-0.3, -0.25) is 4.79 Å². The number of anilines is 1. The lowest BCUT2D eigenvalue weighted by atomic mass is 10.1. The normalized spacial score (nSPS) is 20.2. The summed E-state index contributed by atoms with van der Waals surface area (Å²) in [6.07, 6.45) is -3.83. The van der Waals surface area contributed by atoms with Gasteiger partial charge in [0.05, 0.1) is 11.5 Å². The summed E-state index contributed by atoms with van der Waals surface area (Å²) < 4.78 is 63.3. The molecule has 0 bridgehead atoms. The van der Waals surface area contributed by atoms with E-state index in [9.17, 15) is 26.4 Å². The van der Waals surface area contributed by atoms with Crippen LogP contribution in [0.5, 0.6) is 5.75 Å². The Morgan fingerprint density at radius 1 is 1.26 bits per heavy atom. The molecule has 2 rings (SSSR count). The summed E-state index contributed by atoms with van der Waals surface area (Å²) in [5.41, 5.74) is 0.412. The van der Waals surface area contributed by atoms with E-state index in [-0.39, 0.29) is 35.5 Å². The molecular weight excluding hydrogens is 335 g/mol. The molecule has 1 fully saturated rings. The third-order valence-electron chi connectivity index (χ3n) is 3.34. The summed E-state index contributed by atoms with van der Waals surface area (Å²) in [4.78, 5) is 11.8. The molecule has 128 valence electrons. The molecule has 1 saturated heterocycles. The molecule has 1 aliphatic rings. The number of benzene rings is 1. The van der Waals surface area contributed by atoms with Crippen molar-refractivity contribution in [1.29, 1.82) is 0 Å². The Morgan fingerprint density at radius 3 is 2.43 bits per heavy atom. The SMILES string of the molecule is O=C(CC1CCS(=O)(=O)C1)Nc1ccc(OCC(F)(F)F)cc1. The lowest BCUT2D eigenvalue weighted by molar-refractivity contribution is -0.153. The maximum atomic E-state index is 12.0. The molecule has 1 unspecified atom stereocenters. The average molecular weight is 351 g/mol. The number of sulfone groups is 1. The van der Waals surface area contributed by atoms with Crippen molar-refractivity contribution in [3.05, 3.63) is 24.3 Å². The monoisotopic (exact) mass is 351 g/mol. The van der Waals surface area contributed by atoms with Crippen molar-refractivity contribution in [3.63, 3.8) is 0 Å². The fourth-order valence-corrected chi connectivity index (χ4v) is 4.17. The Labute approximate surface area is 131 Å². The third kappa shape index (κ3) is 6.09. The van der Waals surface area contributed by atoms with Gasteiger partial charge in [-0.15, -0.1) is 0 Å². The molecule has 9 heteroatoms. The summed E-state index contributed by atoms with van der Waals surface area (Å²) in [7, 11) is -3.03. The van der Waals surface area contributed by atoms with Gasteiger partial charge in [-0.1, -0.05) is 0 Å². The van der Waals surface area contributed by atoms with Crippen molar-refractivity contribution in [2.45, 2.75) is 19.0 Å². The minimum Gasteiger partial charge on any atom is -0.484 e. The zero-order chi connectivity index (χ0) is 17.1. The Bertz CT molecular complexity index is 656. The largest absolute Gasteiger partial charge is 0.484 e. The fraction of sp³-hybridized carbons (Fsp3) is 0.500. The van der Waals surface area contributed by atoms with Crippen LogP contribution in [0.2, 0.25) is 0 Å². The number of ether oxygens (including phenoxy) is 1. The molecule has 1 atom stereocenters. The number of amides is 1. The van der Waals surface area contributed by atoms with E-state index >= 15 is 0 Å². The highest BCUT2D eigenvalue weighted by Crippen LogP contribution is 2.23. The Hall–Kier alpha value is -1.77. The first-order chi connectivity index (χ1) is 10.6. The predicted molar refractivity (Wildman–Crippen MR) is 78.0 cm³/mol. The second-order valence-electron chi connectivity index (χ2n) is 5.45. The van der Waals surface area contributed by atoms with Crippen LogP contribution >= 0.6 is 0 Å². The maximum absolute atomic E-state index is 12.0. The van der Waals surface area contributed by atoms with E-state index in [0.717, 1.165) is 0 Å². The van der Waals surface area contributed by atoms with Crippen LogP contribution in [0.25, 0.3) is 0 Å². The topological polar surface area (TPSA) is 72.5 Å². The molecule has 23 heavy (non-hydrogen) atoms. The number of rotatable bonds is 5. The van der Waals surface area contributed by atoms with Crippen LogP contribution in [0.15, 0.2) is 24.3 Å². The highest BCUT2D eigenvalue weighted by atomic mass is 32.2. The Morgan fingerprint density at radius 2 is 1.91 bits per heavy atom. The molecule has 1 aromatic carbocycles.